The van der Waals surface area contributed by atoms with E-state index in [1.807, 2.05) is 24.3 Å². The van der Waals surface area contributed by atoms with Crippen molar-refractivity contribution in [2.45, 2.75) is 11.8 Å². The smallest absolute Gasteiger partial charge is 0.243 e. The Balaban J connectivity index is 0.00000280. The highest BCUT2D eigenvalue weighted by atomic mass is 35.5. The first kappa shape index (κ1) is 22.2. The van der Waals surface area contributed by atoms with E-state index >= 15 is 0 Å². The summed E-state index contributed by atoms with van der Waals surface area (Å²) in [6.07, 6.45) is 0. The van der Waals surface area contributed by atoms with Crippen LogP contribution in [0.15, 0.2) is 53.4 Å². The molecule has 1 fully saturated rings. The highest BCUT2D eigenvalue weighted by Crippen LogP contribution is 2.21. The van der Waals surface area contributed by atoms with Crippen LogP contribution in [0.4, 0.5) is 11.4 Å². The highest BCUT2D eigenvalue weighted by Gasteiger charge is 2.32. The van der Waals surface area contributed by atoms with Crippen molar-refractivity contribution in [3.05, 3.63) is 48.5 Å². The Morgan fingerprint density at radius 1 is 1.07 bits per heavy atom. The third-order valence-electron chi connectivity index (χ3n) is 4.63. The molecule has 0 saturated carbocycles. The van der Waals surface area contributed by atoms with Gasteiger partial charge in [0, 0.05) is 18.7 Å². The van der Waals surface area contributed by atoms with Crippen LogP contribution in [-0.4, -0.2) is 51.9 Å². The monoisotopic (exact) mass is 425 g/mol. The molecule has 3 rings (SSSR count). The zero-order valence-corrected chi connectivity index (χ0v) is 17.4. The highest BCUT2D eigenvalue weighted by molar-refractivity contribution is 7.89. The molecular weight excluding hydrogens is 402 g/mol. The lowest BCUT2D eigenvalue weighted by Crippen LogP contribution is -3.10. The van der Waals surface area contributed by atoms with E-state index < -0.39 is 10.0 Å². The van der Waals surface area contributed by atoms with Gasteiger partial charge in [-0.05, 0) is 30.3 Å². The summed E-state index contributed by atoms with van der Waals surface area (Å²) < 4.78 is 32.7. The van der Waals surface area contributed by atoms with Gasteiger partial charge < -0.3 is 22.5 Å². The topological polar surface area (TPSA) is 80.2 Å². The van der Waals surface area contributed by atoms with Gasteiger partial charge >= 0.3 is 0 Å². The molecule has 152 valence electrons. The lowest BCUT2D eigenvalue weighted by molar-refractivity contribution is -0.837. The first-order chi connectivity index (χ1) is 12.9. The standard InChI is InChI=1S/C19H23N3O4S.ClH/c1-15(23)20-16-7-9-17(10-8-16)27(24,25)22-13-11-21(12-14-22)18-5-3-4-6-19(18)26-2;/h3-10H,11-14H2,1-2H3,(H,20,23);1H. The van der Waals surface area contributed by atoms with E-state index in [0.717, 1.165) is 11.4 Å². The van der Waals surface area contributed by atoms with E-state index in [4.69, 9.17) is 4.74 Å². The first-order valence-corrected chi connectivity index (χ1v) is 10.2. The number of piperazine rings is 1. The first-order valence-electron chi connectivity index (χ1n) is 8.77. The lowest BCUT2D eigenvalue weighted by Gasteiger charge is -2.31. The number of anilines is 1. The zero-order chi connectivity index (χ0) is 19.4. The number of para-hydroxylation sites is 2. The van der Waals surface area contributed by atoms with Crippen molar-refractivity contribution in [1.29, 1.82) is 0 Å². The van der Waals surface area contributed by atoms with Crippen LogP contribution in [0, 0.1) is 0 Å². The lowest BCUT2D eigenvalue weighted by atomic mass is 10.2. The summed E-state index contributed by atoms with van der Waals surface area (Å²) in [5.41, 5.74) is 1.63. The molecule has 0 atom stereocenters. The van der Waals surface area contributed by atoms with Crippen LogP contribution >= 0.6 is 0 Å². The molecule has 2 N–H and O–H groups in total. The SMILES string of the molecule is COc1ccccc1[NH+]1CCN(S(=O)(=O)c2ccc(NC(C)=O)cc2)CC1.[Cl-]. The largest absolute Gasteiger partial charge is 1.00 e. The van der Waals surface area contributed by atoms with E-state index in [2.05, 4.69) is 5.32 Å². The van der Waals surface area contributed by atoms with Gasteiger partial charge in [0.15, 0.2) is 11.4 Å². The molecular formula is C19H24ClN3O4S. The number of ether oxygens (including phenoxy) is 1. The van der Waals surface area contributed by atoms with Crippen LogP contribution in [0.25, 0.3) is 0 Å². The maximum atomic E-state index is 12.9. The number of quaternary nitrogens is 1. The Morgan fingerprint density at radius 2 is 1.68 bits per heavy atom. The van der Waals surface area contributed by atoms with Gasteiger partial charge in [0.05, 0.1) is 38.2 Å². The van der Waals surface area contributed by atoms with Gasteiger partial charge in [0.1, 0.15) is 0 Å². The number of benzene rings is 2. The Kier molecular flexibility index (Phi) is 7.42. The molecule has 0 unspecified atom stereocenters. The second-order valence-electron chi connectivity index (χ2n) is 6.41. The molecule has 1 amide bonds. The minimum absolute atomic E-state index is 0. The van der Waals surface area contributed by atoms with Gasteiger partial charge in [-0.25, -0.2) is 8.42 Å². The van der Waals surface area contributed by atoms with E-state index in [0.29, 0.717) is 31.9 Å². The van der Waals surface area contributed by atoms with Crippen LogP contribution in [-0.2, 0) is 14.8 Å². The van der Waals surface area contributed by atoms with E-state index in [9.17, 15) is 13.2 Å². The molecule has 1 aliphatic rings. The number of carbonyl (C=O) groups is 1. The molecule has 2 aromatic rings. The summed E-state index contributed by atoms with van der Waals surface area (Å²) in [4.78, 5) is 12.5. The van der Waals surface area contributed by atoms with E-state index in [-0.39, 0.29) is 23.2 Å². The number of halogens is 1. The predicted molar refractivity (Wildman–Crippen MR) is 103 cm³/mol. The molecule has 0 spiro atoms. The summed E-state index contributed by atoms with van der Waals surface area (Å²) in [5.74, 6) is 0.624. The van der Waals surface area contributed by atoms with Gasteiger partial charge in [-0.3, -0.25) is 9.69 Å². The molecule has 7 nitrogen and oxygen atoms in total. The number of hydrogen-bond donors (Lipinski definition) is 2. The van der Waals surface area contributed by atoms with Crippen LogP contribution in [0.1, 0.15) is 6.92 Å². The number of methoxy groups -OCH3 is 1. The quantitative estimate of drug-likeness (QED) is 0.574. The minimum atomic E-state index is -3.55. The molecule has 0 aromatic heterocycles. The fraction of sp³-hybridized carbons (Fsp3) is 0.316. The van der Waals surface area contributed by atoms with Crippen LogP contribution < -0.4 is 27.4 Å². The molecule has 2 aromatic carbocycles. The summed E-state index contributed by atoms with van der Waals surface area (Å²) >= 11 is 0. The Bertz CT molecular complexity index is 911. The number of rotatable bonds is 5. The number of carbonyl (C=O) groups excluding carboxylic acids is 1. The second-order valence-corrected chi connectivity index (χ2v) is 8.35. The summed E-state index contributed by atoms with van der Waals surface area (Å²) in [6, 6.07) is 14.1. The Morgan fingerprint density at radius 3 is 2.25 bits per heavy atom. The zero-order valence-electron chi connectivity index (χ0n) is 15.8. The number of hydrogen-bond acceptors (Lipinski definition) is 4. The number of nitrogens with one attached hydrogen (secondary N) is 2. The van der Waals surface area contributed by atoms with Crippen molar-refractivity contribution in [3.8, 4) is 5.75 Å². The Labute approximate surface area is 171 Å². The molecule has 1 heterocycles. The molecule has 9 heteroatoms. The third-order valence-corrected chi connectivity index (χ3v) is 6.54. The minimum Gasteiger partial charge on any atom is -1.00 e. The van der Waals surface area contributed by atoms with Crippen molar-refractivity contribution < 1.29 is 35.3 Å². The normalized spacial score (nSPS) is 15.5. The van der Waals surface area contributed by atoms with E-state index in [1.165, 1.54) is 28.3 Å². The summed E-state index contributed by atoms with van der Waals surface area (Å²) in [7, 11) is -1.91. The maximum absolute atomic E-state index is 12.9. The number of nitrogens with zero attached hydrogens (tertiary/aromatic N) is 1. The average Bonchev–Trinajstić information content (AvgIpc) is 2.68. The fourth-order valence-corrected chi connectivity index (χ4v) is 4.71. The van der Waals surface area contributed by atoms with Gasteiger partial charge in [0.25, 0.3) is 0 Å². The van der Waals surface area contributed by atoms with Crippen LogP contribution in [0.2, 0.25) is 0 Å². The number of amides is 1. The molecule has 28 heavy (non-hydrogen) atoms. The number of sulfonamides is 1. The van der Waals surface area contributed by atoms with E-state index in [1.54, 1.807) is 19.2 Å². The molecule has 0 radical (unpaired) electrons. The second kappa shape index (κ2) is 9.38. The average molecular weight is 426 g/mol. The van der Waals surface area contributed by atoms with Gasteiger partial charge in [-0.2, -0.15) is 4.31 Å². The molecule has 0 bridgehead atoms. The predicted octanol–water partition coefficient (Wildman–Crippen LogP) is -2.12. The maximum Gasteiger partial charge on any atom is 0.243 e. The molecule has 0 aliphatic carbocycles. The van der Waals surface area contributed by atoms with Crippen molar-refractivity contribution in [2.24, 2.45) is 0 Å². The Hall–Kier alpha value is -2.13. The van der Waals surface area contributed by atoms with Gasteiger partial charge in [-0.15, -0.1) is 0 Å². The van der Waals surface area contributed by atoms with Crippen LogP contribution in [0.3, 0.4) is 0 Å². The van der Waals surface area contributed by atoms with Gasteiger partial charge in [-0.1, -0.05) is 12.1 Å². The third kappa shape index (κ3) is 4.82. The van der Waals surface area contributed by atoms with Crippen molar-refractivity contribution in [2.75, 3.05) is 38.6 Å². The summed E-state index contributed by atoms with van der Waals surface area (Å²) in [6.45, 7) is 3.62. The molecule has 1 aliphatic heterocycles. The molecule has 1 saturated heterocycles. The van der Waals surface area contributed by atoms with Crippen LogP contribution in [0.5, 0.6) is 5.75 Å². The van der Waals surface area contributed by atoms with Crippen molar-refractivity contribution >= 4 is 27.3 Å². The fourth-order valence-electron chi connectivity index (χ4n) is 3.27. The van der Waals surface area contributed by atoms with Crippen molar-refractivity contribution in [1.82, 2.24) is 4.31 Å². The summed E-state index contributed by atoms with van der Waals surface area (Å²) in [5, 5.41) is 2.64. The van der Waals surface area contributed by atoms with Gasteiger partial charge in [0.2, 0.25) is 15.9 Å². The van der Waals surface area contributed by atoms with Crippen molar-refractivity contribution in [3.63, 3.8) is 0 Å².